The topological polar surface area (TPSA) is 26.3 Å². The van der Waals surface area contributed by atoms with Crippen molar-refractivity contribution < 1.29 is 9.53 Å². The lowest BCUT2D eigenvalue weighted by Gasteiger charge is -2.34. The van der Waals surface area contributed by atoms with Gasteiger partial charge < -0.3 is 4.74 Å². The van der Waals surface area contributed by atoms with Crippen LogP contribution >= 0.6 is 0 Å². The third-order valence-electron chi connectivity index (χ3n) is 3.53. The zero-order valence-corrected chi connectivity index (χ0v) is 10.7. The first-order valence-corrected chi connectivity index (χ1v) is 6.40. The lowest BCUT2D eigenvalue weighted by molar-refractivity contribution is 0.0476. The molecule has 0 aromatic heterocycles. The molecule has 1 saturated carbocycles. The van der Waals surface area contributed by atoms with Crippen molar-refractivity contribution in [3.8, 4) is 5.75 Å². The average molecular weight is 232 g/mol. The Bertz CT molecular complexity index is 403. The van der Waals surface area contributed by atoms with Crippen LogP contribution in [0.5, 0.6) is 5.75 Å². The van der Waals surface area contributed by atoms with E-state index in [2.05, 4.69) is 6.92 Å². The Hall–Kier alpha value is -1.31. The van der Waals surface area contributed by atoms with Crippen molar-refractivity contribution in [2.24, 2.45) is 0 Å². The van der Waals surface area contributed by atoms with Crippen LogP contribution in [0.15, 0.2) is 24.3 Å². The van der Waals surface area contributed by atoms with Crippen molar-refractivity contribution in [2.45, 2.75) is 51.6 Å². The molecule has 0 heterocycles. The van der Waals surface area contributed by atoms with Gasteiger partial charge in [0.25, 0.3) is 0 Å². The number of rotatable bonds is 3. The van der Waals surface area contributed by atoms with Gasteiger partial charge in [-0.05, 0) is 51.7 Å². The number of ether oxygens (including phenoxy) is 1. The van der Waals surface area contributed by atoms with Crippen LogP contribution < -0.4 is 4.74 Å². The molecular weight excluding hydrogens is 212 g/mol. The molecule has 0 amide bonds. The zero-order chi connectivity index (χ0) is 12.3. The molecule has 1 aliphatic rings. The van der Waals surface area contributed by atoms with Gasteiger partial charge in [0.15, 0.2) is 5.78 Å². The molecule has 0 unspecified atom stereocenters. The summed E-state index contributed by atoms with van der Waals surface area (Å²) in [6.07, 6.45) is 5.91. The number of carbonyl (C=O) groups excluding carboxylic acids is 1. The molecule has 0 aliphatic heterocycles. The van der Waals surface area contributed by atoms with E-state index < -0.39 is 0 Å². The molecule has 1 aromatic carbocycles. The van der Waals surface area contributed by atoms with Gasteiger partial charge in [-0.1, -0.05) is 18.6 Å². The normalized spacial score (nSPS) is 18.7. The molecule has 2 heteroatoms. The van der Waals surface area contributed by atoms with Gasteiger partial charge in [-0.15, -0.1) is 0 Å². The third-order valence-corrected chi connectivity index (χ3v) is 3.53. The average Bonchev–Trinajstić information content (AvgIpc) is 2.29. The molecule has 0 N–H and O–H groups in total. The second-order valence-corrected chi connectivity index (χ2v) is 5.16. The Morgan fingerprint density at radius 2 is 1.82 bits per heavy atom. The predicted octanol–water partition coefficient (Wildman–Crippen LogP) is 3.99. The first kappa shape index (κ1) is 12.2. The van der Waals surface area contributed by atoms with Crippen LogP contribution in [0.3, 0.4) is 0 Å². The predicted molar refractivity (Wildman–Crippen MR) is 68.6 cm³/mol. The summed E-state index contributed by atoms with van der Waals surface area (Å²) in [5, 5.41) is 0. The monoisotopic (exact) mass is 232 g/mol. The Morgan fingerprint density at radius 1 is 1.18 bits per heavy atom. The summed E-state index contributed by atoms with van der Waals surface area (Å²) in [5.41, 5.74) is 0.600. The maximum atomic E-state index is 11.5. The van der Waals surface area contributed by atoms with E-state index in [1.165, 1.54) is 19.3 Å². The number of benzene rings is 1. The molecular formula is C15H20O2. The summed E-state index contributed by atoms with van der Waals surface area (Å²) in [7, 11) is 0. The SMILES string of the molecule is CC(=O)c1ccccc1OC1(C)CCCCC1. The smallest absolute Gasteiger partial charge is 0.163 e. The largest absolute Gasteiger partial charge is 0.487 e. The van der Waals surface area contributed by atoms with E-state index in [1.807, 2.05) is 24.3 Å². The highest BCUT2D eigenvalue weighted by Gasteiger charge is 2.29. The minimum atomic E-state index is -0.0934. The second kappa shape index (κ2) is 4.91. The number of hydrogen-bond donors (Lipinski definition) is 0. The zero-order valence-electron chi connectivity index (χ0n) is 10.7. The molecule has 92 valence electrons. The van der Waals surface area contributed by atoms with Crippen molar-refractivity contribution in [3.63, 3.8) is 0 Å². The molecule has 2 rings (SSSR count). The molecule has 0 spiro atoms. The summed E-state index contributed by atoms with van der Waals surface area (Å²) in [6, 6.07) is 7.54. The third kappa shape index (κ3) is 2.87. The molecule has 0 saturated heterocycles. The van der Waals surface area contributed by atoms with E-state index in [1.54, 1.807) is 6.92 Å². The quantitative estimate of drug-likeness (QED) is 0.736. The Labute approximate surface area is 103 Å². The number of ketones is 1. The molecule has 1 aromatic rings. The summed E-state index contributed by atoms with van der Waals surface area (Å²) in [4.78, 5) is 11.5. The van der Waals surface area contributed by atoms with Gasteiger partial charge in [0.2, 0.25) is 0 Å². The lowest BCUT2D eigenvalue weighted by Crippen LogP contribution is -2.35. The van der Waals surface area contributed by atoms with E-state index >= 15 is 0 Å². The van der Waals surface area contributed by atoms with Gasteiger partial charge in [-0.3, -0.25) is 4.79 Å². The highest BCUT2D eigenvalue weighted by molar-refractivity contribution is 5.96. The maximum absolute atomic E-state index is 11.5. The van der Waals surface area contributed by atoms with E-state index in [4.69, 9.17) is 4.74 Å². The van der Waals surface area contributed by atoms with Gasteiger partial charge in [0, 0.05) is 0 Å². The van der Waals surface area contributed by atoms with Crippen molar-refractivity contribution in [1.29, 1.82) is 0 Å². The van der Waals surface area contributed by atoms with Gasteiger partial charge in [0.05, 0.1) is 5.56 Å². The lowest BCUT2D eigenvalue weighted by atomic mass is 9.86. The van der Waals surface area contributed by atoms with Crippen LogP contribution in [0.1, 0.15) is 56.3 Å². The van der Waals surface area contributed by atoms with Gasteiger partial charge in [-0.25, -0.2) is 0 Å². The molecule has 17 heavy (non-hydrogen) atoms. The van der Waals surface area contributed by atoms with E-state index in [0.29, 0.717) is 5.56 Å². The van der Waals surface area contributed by atoms with Gasteiger partial charge in [0.1, 0.15) is 11.4 Å². The van der Waals surface area contributed by atoms with E-state index in [0.717, 1.165) is 18.6 Å². The minimum absolute atomic E-state index is 0.0695. The summed E-state index contributed by atoms with van der Waals surface area (Å²) in [6.45, 7) is 3.74. The molecule has 2 nitrogen and oxygen atoms in total. The Morgan fingerprint density at radius 3 is 2.47 bits per heavy atom. The Kier molecular flexibility index (Phi) is 3.51. The van der Waals surface area contributed by atoms with Crippen molar-refractivity contribution in [1.82, 2.24) is 0 Å². The van der Waals surface area contributed by atoms with E-state index in [-0.39, 0.29) is 11.4 Å². The van der Waals surface area contributed by atoms with Crippen LogP contribution in [0.4, 0.5) is 0 Å². The van der Waals surface area contributed by atoms with Crippen molar-refractivity contribution in [2.75, 3.05) is 0 Å². The van der Waals surface area contributed by atoms with Crippen molar-refractivity contribution in [3.05, 3.63) is 29.8 Å². The molecule has 0 atom stereocenters. The van der Waals surface area contributed by atoms with Crippen LogP contribution in [0, 0.1) is 0 Å². The molecule has 1 fully saturated rings. The standard InChI is InChI=1S/C15H20O2/c1-12(16)13-8-4-5-9-14(13)17-15(2)10-6-3-7-11-15/h4-5,8-9H,3,6-7,10-11H2,1-2H3. The molecule has 0 bridgehead atoms. The molecule has 1 aliphatic carbocycles. The van der Waals surface area contributed by atoms with Crippen molar-refractivity contribution >= 4 is 5.78 Å². The summed E-state index contributed by atoms with van der Waals surface area (Å²) in [5.74, 6) is 0.810. The maximum Gasteiger partial charge on any atom is 0.163 e. The fourth-order valence-electron chi connectivity index (χ4n) is 2.51. The first-order chi connectivity index (χ1) is 8.11. The van der Waals surface area contributed by atoms with Gasteiger partial charge >= 0.3 is 0 Å². The highest BCUT2D eigenvalue weighted by atomic mass is 16.5. The van der Waals surface area contributed by atoms with Crippen LogP contribution in [-0.4, -0.2) is 11.4 Å². The Balaban J connectivity index is 2.20. The number of para-hydroxylation sites is 1. The molecule has 0 radical (unpaired) electrons. The van der Waals surface area contributed by atoms with Crippen LogP contribution in [0.2, 0.25) is 0 Å². The minimum Gasteiger partial charge on any atom is -0.487 e. The van der Waals surface area contributed by atoms with E-state index in [9.17, 15) is 4.79 Å². The number of carbonyl (C=O) groups is 1. The summed E-state index contributed by atoms with van der Waals surface area (Å²) >= 11 is 0. The fraction of sp³-hybridized carbons (Fsp3) is 0.533. The van der Waals surface area contributed by atoms with Crippen LogP contribution in [-0.2, 0) is 0 Å². The summed E-state index contributed by atoms with van der Waals surface area (Å²) < 4.78 is 6.11. The second-order valence-electron chi connectivity index (χ2n) is 5.16. The number of Topliss-reactive ketones (excluding diaryl/α,β-unsaturated/α-hetero) is 1. The van der Waals surface area contributed by atoms with Gasteiger partial charge in [-0.2, -0.15) is 0 Å². The first-order valence-electron chi connectivity index (χ1n) is 6.40. The fourth-order valence-corrected chi connectivity index (χ4v) is 2.51. The van der Waals surface area contributed by atoms with Crippen LogP contribution in [0.25, 0.3) is 0 Å². The number of hydrogen-bond acceptors (Lipinski definition) is 2. The highest BCUT2D eigenvalue weighted by Crippen LogP contribution is 2.33.